The average Bonchev–Trinajstić information content (AvgIpc) is 3.43. The number of hydrogen-bond acceptors (Lipinski definition) is 7. The standard InChI is InChI=1S/C18H27N3O4.C2HF3O2/c1-14-8-16(19-25-14)9-20-12-18(13-20)15(4-7-24-18)10-23-11-17(22)21-5-2-3-6-21;3-2(4,5)1(6)7/h8,15H,2-7,9-13H2,1H3;(H,6,7). The number of aliphatic carboxylic acids is 1. The number of nitrogens with zero attached hydrogens (tertiary/aromatic N) is 3. The molecule has 12 heteroatoms. The number of ether oxygens (including phenoxy) is 2. The molecule has 1 N–H and O–H groups in total. The molecule has 180 valence electrons. The first kappa shape index (κ1) is 24.5. The molecule has 1 amide bonds. The summed E-state index contributed by atoms with van der Waals surface area (Å²) < 4.78 is 48.7. The van der Waals surface area contributed by atoms with Gasteiger partial charge >= 0.3 is 12.1 Å². The Bertz CT molecular complexity index is 788. The molecule has 1 aromatic heterocycles. The lowest BCUT2D eigenvalue weighted by Crippen LogP contribution is -2.64. The normalized spacial score (nSPS) is 22.5. The molecule has 0 saturated carbocycles. The maximum atomic E-state index is 12.1. The largest absolute Gasteiger partial charge is 0.490 e. The second kappa shape index (κ2) is 10.2. The van der Waals surface area contributed by atoms with Crippen molar-refractivity contribution in [1.82, 2.24) is 15.0 Å². The van der Waals surface area contributed by atoms with Gasteiger partial charge in [-0.25, -0.2) is 4.79 Å². The molecule has 32 heavy (non-hydrogen) atoms. The van der Waals surface area contributed by atoms with Gasteiger partial charge in [-0.05, 0) is 26.2 Å². The number of amides is 1. The molecule has 4 heterocycles. The summed E-state index contributed by atoms with van der Waals surface area (Å²) in [6.45, 7) is 7.86. The van der Waals surface area contributed by atoms with E-state index in [0.717, 1.165) is 70.0 Å². The van der Waals surface area contributed by atoms with Gasteiger partial charge in [-0.1, -0.05) is 5.16 Å². The summed E-state index contributed by atoms with van der Waals surface area (Å²) in [6.07, 6.45) is -1.84. The van der Waals surface area contributed by atoms with E-state index in [9.17, 15) is 18.0 Å². The van der Waals surface area contributed by atoms with Crippen LogP contribution in [0.15, 0.2) is 10.6 Å². The van der Waals surface area contributed by atoms with Crippen LogP contribution in [0, 0.1) is 12.8 Å². The molecular formula is C20H28F3N3O6. The van der Waals surface area contributed by atoms with Crippen LogP contribution in [-0.4, -0.2) is 89.7 Å². The number of carbonyl (C=O) groups excluding carboxylic acids is 1. The Labute approximate surface area is 183 Å². The first-order chi connectivity index (χ1) is 15.1. The molecule has 9 nitrogen and oxygen atoms in total. The summed E-state index contributed by atoms with van der Waals surface area (Å²) in [7, 11) is 0. The van der Waals surface area contributed by atoms with Crippen LogP contribution in [-0.2, 0) is 25.6 Å². The Hall–Kier alpha value is -2.18. The minimum absolute atomic E-state index is 0.102. The van der Waals surface area contributed by atoms with Crippen molar-refractivity contribution in [2.75, 3.05) is 46.0 Å². The van der Waals surface area contributed by atoms with Crippen molar-refractivity contribution in [3.05, 3.63) is 17.5 Å². The van der Waals surface area contributed by atoms with Crippen LogP contribution in [0.5, 0.6) is 0 Å². The molecule has 1 aromatic rings. The zero-order valence-electron chi connectivity index (χ0n) is 17.9. The van der Waals surface area contributed by atoms with Crippen LogP contribution in [0.1, 0.15) is 30.7 Å². The van der Waals surface area contributed by atoms with E-state index >= 15 is 0 Å². The number of alkyl halides is 3. The van der Waals surface area contributed by atoms with Crippen molar-refractivity contribution >= 4 is 11.9 Å². The van der Waals surface area contributed by atoms with E-state index in [4.69, 9.17) is 23.9 Å². The fourth-order valence-corrected chi connectivity index (χ4v) is 4.26. The van der Waals surface area contributed by atoms with Crippen molar-refractivity contribution in [3.8, 4) is 0 Å². The molecule has 3 saturated heterocycles. The second-order valence-electron chi connectivity index (χ2n) is 8.38. The second-order valence-corrected chi connectivity index (χ2v) is 8.38. The van der Waals surface area contributed by atoms with Crippen LogP contribution in [0.25, 0.3) is 0 Å². The van der Waals surface area contributed by atoms with E-state index in [0.29, 0.717) is 12.5 Å². The minimum atomic E-state index is -5.08. The van der Waals surface area contributed by atoms with Gasteiger partial charge in [0, 0.05) is 51.3 Å². The van der Waals surface area contributed by atoms with Gasteiger partial charge in [0.2, 0.25) is 5.91 Å². The molecule has 3 aliphatic heterocycles. The van der Waals surface area contributed by atoms with E-state index in [-0.39, 0.29) is 18.1 Å². The first-order valence-corrected chi connectivity index (χ1v) is 10.5. The molecule has 1 unspecified atom stereocenters. The highest BCUT2D eigenvalue weighted by Crippen LogP contribution is 2.40. The number of carbonyl (C=O) groups is 2. The topological polar surface area (TPSA) is 105 Å². The van der Waals surface area contributed by atoms with Crippen LogP contribution >= 0.6 is 0 Å². The van der Waals surface area contributed by atoms with E-state index < -0.39 is 12.1 Å². The number of aryl methyl sites for hydroxylation is 1. The van der Waals surface area contributed by atoms with Crippen LogP contribution in [0.2, 0.25) is 0 Å². The monoisotopic (exact) mass is 463 g/mol. The van der Waals surface area contributed by atoms with Gasteiger partial charge < -0.3 is 24.0 Å². The van der Waals surface area contributed by atoms with Crippen molar-refractivity contribution in [2.45, 2.75) is 44.5 Å². The smallest absolute Gasteiger partial charge is 0.475 e. The maximum Gasteiger partial charge on any atom is 0.490 e. The molecule has 4 rings (SSSR count). The molecule has 1 spiro atoms. The lowest BCUT2D eigenvalue weighted by molar-refractivity contribution is -0.192. The number of halogens is 3. The van der Waals surface area contributed by atoms with E-state index in [1.165, 1.54) is 0 Å². The van der Waals surface area contributed by atoms with Crippen LogP contribution in [0.4, 0.5) is 13.2 Å². The minimum Gasteiger partial charge on any atom is -0.475 e. The fraction of sp³-hybridized carbons (Fsp3) is 0.750. The number of aromatic nitrogens is 1. The van der Waals surface area contributed by atoms with Crippen molar-refractivity contribution in [1.29, 1.82) is 0 Å². The number of carboxylic acid groups (broad SMARTS) is 1. The average molecular weight is 463 g/mol. The van der Waals surface area contributed by atoms with Gasteiger partial charge in [0.05, 0.1) is 17.9 Å². The summed E-state index contributed by atoms with van der Waals surface area (Å²) >= 11 is 0. The van der Waals surface area contributed by atoms with E-state index in [1.807, 2.05) is 17.9 Å². The number of rotatable bonds is 6. The first-order valence-electron chi connectivity index (χ1n) is 10.5. The summed E-state index contributed by atoms with van der Waals surface area (Å²) in [5.41, 5.74) is 0.865. The zero-order chi connectivity index (χ0) is 23.4. The zero-order valence-corrected chi connectivity index (χ0v) is 17.9. The third-order valence-electron chi connectivity index (χ3n) is 5.89. The Morgan fingerprint density at radius 2 is 1.97 bits per heavy atom. The molecule has 0 aromatic carbocycles. The Balaban J connectivity index is 0.000000360. The predicted octanol–water partition coefficient (Wildman–Crippen LogP) is 1.85. The maximum absolute atomic E-state index is 12.1. The van der Waals surface area contributed by atoms with Gasteiger partial charge in [0.1, 0.15) is 12.4 Å². The van der Waals surface area contributed by atoms with Crippen LogP contribution in [0.3, 0.4) is 0 Å². The lowest BCUT2D eigenvalue weighted by Gasteiger charge is -2.50. The highest BCUT2D eigenvalue weighted by molar-refractivity contribution is 5.77. The van der Waals surface area contributed by atoms with Crippen molar-refractivity contribution in [3.63, 3.8) is 0 Å². The van der Waals surface area contributed by atoms with Gasteiger partial charge in [-0.2, -0.15) is 13.2 Å². The van der Waals surface area contributed by atoms with E-state index in [1.54, 1.807) is 0 Å². The Morgan fingerprint density at radius 3 is 2.53 bits per heavy atom. The highest BCUT2D eigenvalue weighted by atomic mass is 19.4. The van der Waals surface area contributed by atoms with Crippen molar-refractivity contribution < 1.29 is 41.9 Å². The van der Waals surface area contributed by atoms with Gasteiger partial charge in [-0.3, -0.25) is 9.69 Å². The lowest BCUT2D eigenvalue weighted by atomic mass is 9.81. The molecule has 3 aliphatic rings. The van der Waals surface area contributed by atoms with Crippen molar-refractivity contribution in [2.24, 2.45) is 5.92 Å². The SMILES string of the molecule is Cc1cc(CN2CC3(C2)OCCC3COCC(=O)N2CCCC2)no1.O=C(O)C(F)(F)F. The molecule has 0 radical (unpaired) electrons. The Kier molecular flexibility index (Phi) is 7.78. The summed E-state index contributed by atoms with van der Waals surface area (Å²) in [5.74, 6) is -1.42. The molecule has 0 bridgehead atoms. The number of carboxylic acids is 1. The molecule has 3 fully saturated rings. The summed E-state index contributed by atoms with van der Waals surface area (Å²) in [4.78, 5) is 25.2. The van der Waals surface area contributed by atoms with E-state index in [2.05, 4.69) is 10.1 Å². The van der Waals surface area contributed by atoms with Gasteiger partial charge in [0.15, 0.2) is 0 Å². The third kappa shape index (κ3) is 6.20. The summed E-state index contributed by atoms with van der Waals surface area (Å²) in [6, 6.07) is 1.98. The number of likely N-dealkylation sites (tertiary alicyclic amines) is 2. The summed E-state index contributed by atoms with van der Waals surface area (Å²) in [5, 5.41) is 11.2. The predicted molar refractivity (Wildman–Crippen MR) is 104 cm³/mol. The van der Waals surface area contributed by atoms with Gasteiger partial charge in [-0.15, -0.1) is 0 Å². The Morgan fingerprint density at radius 1 is 1.31 bits per heavy atom. The quantitative estimate of drug-likeness (QED) is 0.682. The van der Waals surface area contributed by atoms with Gasteiger partial charge in [0.25, 0.3) is 0 Å². The third-order valence-corrected chi connectivity index (χ3v) is 5.89. The molecule has 1 atom stereocenters. The fourth-order valence-electron chi connectivity index (χ4n) is 4.26. The molecule has 0 aliphatic carbocycles. The number of hydrogen-bond donors (Lipinski definition) is 1. The highest BCUT2D eigenvalue weighted by Gasteiger charge is 2.53. The molecular weight excluding hydrogens is 435 g/mol. The van der Waals surface area contributed by atoms with Crippen LogP contribution < -0.4 is 0 Å².